The van der Waals surface area contributed by atoms with Gasteiger partial charge in [-0.3, -0.25) is 0 Å². The number of hydrogen-bond donors (Lipinski definition) is 0. The number of aryl methyl sites for hydroxylation is 1. The molecule has 0 N–H and O–H groups in total. The second-order valence-electron chi connectivity index (χ2n) is 6.39. The molecule has 1 aromatic heterocycles. The summed E-state index contributed by atoms with van der Waals surface area (Å²) in [5.41, 5.74) is 1.17. The molecule has 24 heavy (non-hydrogen) atoms. The summed E-state index contributed by atoms with van der Waals surface area (Å²) in [5.74, 6) is 0.783. The number of esters is 2. The van der Waals surface area contributed by atoms with Crippen molar-refractivity contribution in [3.63, 3.8) is 0 Å². The Hall–Kier alpha value is -2.11. The Bertz CT molecular complexity index is 630. The van der Waals surface area contributed by atoms with Gasteiger partial charge in [-0.2, -0.15) is 0 Å². The highest BCUT2D eigenvalue weighted by molar-refractivity contribution is 5.99. The molecule has 2 atom stereocenters. The van der Waals surface area contributed by atoms with Gasteiger partial charge in [-0.15, -0.1) is 0 Å². The Balaban J connectivity index is 2.47. The fourth-order valence-corrected chi connectivity index (χ4v) is 2.96. The molecule has 6 nitrogen and oxygen atoms in total. The molecule has 0 radical (unpaired) electrons. The van der Waals surface area contributed by atoms with Crippen molar-refractivity contribution in [3.05, 3.63) is 22.9 Å². The van der Waals surface area contributed by atoms with Crippen LogP contribution in [0.5, 0.6) is 0 Å². The van der Waals surface area contributed by atoms with Crippen LogP contribution in [0.4, 0.5) is 5.82 Å². The number of carbonyl (C=O) groups excluding carboxylic acids is 2. The summed E-state index contributed by atoms with van der Waals surface area (Å²) in [6.45, 7) is 9.89. The van der Waals surface area contributed by atoms with Crippen LogP contribution in [0.1, 0.15) is 53.6 Å². The van der Waals surface area contributed by atoms with Crippen LogP contribution in [0.3, 0.4) is 0 Å². The molecule has 1 saturated heterocycles. The van der Waals surface area contributed by atoms with E-state index in [1.165, 1.54) is 7.11 Å². The first-order valence-corrected chi connectivity index (χ1v) is 8.41. The van der Waals surface area contributed by atoms with Crippen molar-refractivity contribution in [1.82, 2.24) is 4.98 Å². The molecular weight excluding hydrogens is 308 g/mol. The molecule has 1 fully saturated rings. The molecule has 0 aromatic carbocycles. The molecule has 0 spiro atoms. The van der Waals surface area contributed by atoms with E-state index >= 15 is 0 Å². The van der Waals surface area contributed by atoms with Crippen LogP contribution < -0.4 is 4.90 Å². The molecule has 1 aliphatic heterocycles. The molecule has 2 unspecified atom stereocenters. The summed E-state index contributed by atoms with van der Waals surface area (Å²) >= 11 is 0. The molecule has 1 aromatic rings. The highest BCUT2D eigenvalue weighted by Gasteiger charge is 2.29. The third-order valence-electron chi connectivity index (χ3n) is 4.73. The summed E-state index contributed by atoms with van der Waals surface area (Å²) in [5, 5.41) is 0. The van der Waals surface area contributed by atoms with Crippen molar-refractivity contribution in [3.8, 4) is 0 Å². The van der Waals surface area contributed by atoms with Crippen LogP contribution in [0.2, 0.25) is 0 Å². The molecule has 0 amide bonds. The van der Waals surface area contributed by atoms with E-state index in [-0.39, 0.29) is 6.61 Å². The Morgan fingerprint density at radius 3 is 2.54 bits per heavy atom. The molecule has 6 heteroatoms. The topological polar surface area (TPSA) is 68.7 Å². The van der Waals surface area contributed by atoms with Crippen molar-refractivity contribution in [2.45, 2.75) is 34.1 Å². The van der Waals surface area contributed by atoms with Crippen LogP contribution in [0.15, 0.2) is 6.07 Å². The Morgan fingerprint density at radius 1 is 1.25 bits per heavy atom. The fraction of sp³-hybridized carbons (Fsp3) is 0.611. The summed E-state index contributed by atoms with van der Waals surface area (Å²) in [4.78, 5) is 31.0. The average molecular weight is 334 g/mol. The van der Waals surface area contributed by atoms with Crippen molar-refractivity contribution in [2.75, 3.05) is 31.7 Å². The van der Waals surface area contributed by atoms with Crippen molar-refractivity contribution < 1.29 is 19.1 Å². The molecule has 2 heterocycles. The van der Waals surface area contributed by atoms with E-state index in [0.717, 1.165) is 19.5 Å². The van der Waals surface area contributed by atoms with E-state index in [2.05, 4.69) is 23.7 Å². The SMILES string of the molecule is CCOC(=O)c1cc(C(=O)OC)c(C)nc1N1CCC(C)C(C)C1. The van der Waals surface area contributed by atoms with Crippen LogP contribution in [-0.2, 0) is 9.47 Å². The van der Waals surface area contributed by atoms with Gasteiger partial charge >= 0.3 is 11.9 Å². The normalized spacial score (nSPS) is 20.6. The van der Waals surface area contributed by atoms with Gasteiger partial charge in [0.2, 0.25) is 0 Å². The molecule has 0 aliphatic carbocycles. The average Bonchev–Trinajstić information content (AvgIpc) is 2.56. The number of carbonyl (C=O) groups is 2. The lowest BCUT2D eigenvalue weighted by molar-refractivity contribution is 0.0526. The zero-order valence-corrected chi connectivity index (χ0v) is 15.1. The first-order valence-electron chi connectivity index (χ1n) is 8.41. The first-order chi connectivity index (χ1) is 11.4. The molecule has 1 aliphatic rings. The maximum Gasteiger partial charge on any atom is 0.341 e. The van der Waals surface area contributed by atoms with Gasteiger partial charge < -0.3 is 14.4 Å². The van der Waals surface area contributed by atoms with Crippen LogP contribution in [0.25, 0.3) is 0 Å². The van der Waals surface area contributed by atoms with E-state index in [9.17, 15) is 9.59 Å². The fourth-order valence-electron chi connectivity index (χ4n) is 2.96. The van der Waals surface area contributed by atoms with Gasteiger partial charge in [0, 0.05) is 13.1 Å². The molecule has 0 saturated carbocycles. The van der Waals surface area contributed by atoms with Gasteiger partial charge in [-0.05, 0) is 38.2 Å². The lowest BCUT2D eigenvalue weighted by Crippen LogP contribution is -2.40. The number of aromatic nitrogens is 1. The Labute approximate surface area is 143 Å². The molecule has 132 valence electrons. The van der Waals surface area contributed by atoms with Crippen molar-refractivity contribution in [1.29, 1.82) is 0 Å². The molecule has 0 bridgehead atoms. The van der Waals surface area contributed by atoms with E-state index in [4.69, 9.17) is 9.47 Å². The van der Waals surface area contributed by atoms with Crippen molar-refractivity contribution in [2.24, 2.45) is 11.8 Å². The lowest BCUT2D eigenvalue weighted by Gasteiger charge is -2.36. The third-order valence-corrected chi connectivity index (χ3v) is 4.73. The van der Waals surface area contributed by atoms with Gasteiger partial charge in [0.05, 0.1) is 25.0 Å². The van der Waals surface area contributed by atoms with Gasteiger partial charge in [-0.1, -0.05) is 13.8 Å². The van der Waals surface area contributed by atoms with Gasteiger partial charge in [0.1, 0.15) is 11.4 Å². The molecule has 2 rings (SSSR count). The van der Waals surface area contributed by atoms with Crippen molar-refractivity contribution >= 4 is 17.8 Å². The zero-order valence-electron chi connectivity index (χ0n) is 15.1. The number of anilines is 1. The standard InChI is InChI=1S/C18H26N2O4/c1-6-24-18(22)15-9-14(17(21)23-5)13(4)19-16(15)20-8-7-11(2)12(3)10-20/h9,11-12H,6-8,10H2,1-5H3. The maximum absolute atomic E-state index is 12.4. The first kappa shape index (κ1) is 18.2. The number of nitrogens with zero attached hydrogens (tertiary/aromatic N) is 2. The monoisotopic (exact) mass is 334 g/mol. The van der Waals surface area contributed by atoms with E-state index in [1.807, 2.05) is 0 Å². The number of methoxy groups -OCH3 is 1. The minimum atomic E-state index is -0.502. The van der Waals surface area contributed by atoms with Gasteiger partial charge in [0.25, 0.3) is 0 Å². The quantitative estimate of drug-likeness (QED) is 0.789. The second kappa shape index (κ2) is 7.64. The van der Waals surface area contributed by atoms with Crippen LogP contribution in [-0.4, -0.2) is 43.7 Å². The smallest absolute Gasteiger partial charge is 0.341 e. The largest absolute Gasteiger partial charge is 0.465 e. The summed E-state index contributed by atoms with van der Waals surface area (Å²) < 4.78 is 9.94. The van der Waals surface area contributed by atoms with E-state index < -0.39 is 11.9 Å². The third kappa shape index (κ3) is 3.68. The summed E-state index contributed by atoms with van der Waals surface area (Å²) in [6.07, 6.45) is 1.04. The van der Waals surface area contributed by atoms with Crippen LogP contribution >= 0.6 is 0 Å². The zero-order chi connectivity index (χ0) is 17.9. The highest BCUT2D eigenvalue weighted by atomic mass is 16.5. The predicted molar refractivity (Wildman–Crippen MR) is 91.4 cm³/mol. The van der Waals surface area contributed by atoms with Gasteiger partial charge in [-0.25, -0.2) is 14.6 Å². The minimum absolute atomic E-state index is 0.271. The molecular formula is C18H26N2O4. The van der Waals surface area contributed by atoms with Crippen LogP contribution in [0, 0.1) is 18.8 Å². The number of rotatable bonds is 4. The summed E-state index contributed by atoms with van der Waals surface area (Å²) in [6, 6.07) is 1.55. The number of piperidine rings is 1. The second-order valence-corrected chi connectivity index (χ2v) is 6.39. The number of hydrogen-bond acceptors (Lipinski definition) is 6. The van der Waals surface area contributed by atoms with E-state index in [1.54, 1.807) is 19.9 Å². The Morgan fingerprint density at radius 2 is 1.96 bits per heavy atom. The number of ether oxygens (including phenoxy) is 2. The van der Waals surface area contributed by atoms with E-state index in [0.29, 0.717) is 34.5 Å². The number of pyridine rings is 1. The predicted octanol–water partition coefficient (Wildman–Crippen LogP) is 2.84. The maximum atomic E-state index is 12.4. The lowest BCUT2D eigenvalue weighted by atomic mass is 9.88. The minimum Gasteiger partial charge on any atom is -0.465 e. The summed E-state index contributed by atoms with van der Waals surface area (Å²) in [7, 11) is 1.31. The Kier molecular flexibility index (Phi) is 5.80. The van der Waals surface area contributed by atoms with Gasteiger partial charge in [0.15, 0.2) is 0 Å². The highest BCUT2D eigenvalue weighted by Crippen LogP contribution is 2.29.